The molecule has 0 aliphatic carbocycles. The lowest BCUT2D eigenvalue weighted by molar-refractivity contribution is 0.0624. The number of amides is 1. The molecule has 0 unspecified atom stereocenters. The second-order valence-electron chi connectivity index (χ2n) is 6.23. The second-order valence-corrected chi connectivity index (χ2v) is 6.66. The molecule has 9 heteroatoms. The van der Waals surface area contributed by atoms with E-state index >= 15 is 0 Å². The first-order valence-electron chi connectivity index (χ1n) is 8.29. The number of hydrogen-bond acceptors (Lipinski definition) is 5. The third-order valence-electron chi connectivity index (χ3n) is 4.51. The molecule has 0 bridgehead atoms. The molecule has 8 nitrogen and oxygen atoms in total. The maximum absolute atomic E-state index is 12.8. The largest absolute Gasteiger partial charge is 0.335 e. The fourth-order valence-corrected chi connectivity index (χ4v) is 3.37. The van der Waals surface area contributed by atoms with Gasteiger partial charge in [-0.3, -0.25) is 19.6 Å². The van der Waals surface area contributed by atoms with Crippen LogP contribution in [0.3, 0.4) is 0 Å². The van der Waals surface area contributed by atoms with Crippen LogP contribution in [0, 0.1) is 0 Å². The highest BCUT2D eigenvalue weighted by molar-refractivity contribution is 6.30. The summed E-state index contributed by atoms with van der Waals surface area (Å²) in [5.41, 5.74) is 1.50. The van der Waals surface area contributed by atoms with Crippen LogP contribution in [-0.2, 0) is 6.54 Å². The van der Waals surface area contributed by atoms with Gasteiger partial charge in [0.25, 0.3) is 11.5 Å². The summed E-state index contributed by atoms with van der Waals surface area (Å²) in [5, 5.41) is 7.30. The molecule has 0 saturated carbocycles. The monoisotopic (exact) mass is 372 g/mol. The molecule has 134 valence electrons. The van der Waals surface area contributed by atoms with Crippen LogP contribution in [0.1, 0.15) is 16.1 Å². The Morgan fingerprint density at radius 3 is 2.77 bits per heavy atom. The van der Waals surface area contributed by atoms with Gasteiger partial charge in [-0.25, -0.2) is 4.98 Å². The minimum absolute atomic E-state index is 0.149. The Balaban J connectivity index is 1.43. The topological polar surface area (TPSA) is 98.0 Å². The molecule has 0 spiro atoms. The molecule has 0 radical (unpaired) electrons. The smallest absolute Gasteiger partial charge is 0.279 e. The van der Waals surface area contributed by atoms with E-state index in [0.29, 0.717) is 18.6 Å². The van der Waals surface area contributed by atoms with Crippen LogP contribution in [0.25, 0.3) is 11.0 Å². The number of halogens is 1. The van der Waals surface area contributed by atoms with Gasteiger partial charge in [-0.05, 0) is 17.7 Å². The van der Waals surface area contributed by atoms with Crippen molar-refractivity contribution in [2.24, 2.45) is 0 Å². The Bertz CT molecular complexity index is 1010. The van der Waals surface area contributed by atoms with Crippen LogP contribution in [0.15, 0.2) is 35.4 Å². The van der Waals surface area contributed by atoms with E-state index in [1.807, 2.05) is 24.3 Å². The molecule has 2 N–H and O–H groups in total. The summed E-state index contributed by atoms with van der Waals surface area (Å²) in [7, 11) is 0. The molecule has 1 aromatic carbocycles. The van der Waals surface area contributed by atoms with Crippen molar-refractivity contribution in [3.05, 3.63) is 57.2 Å². The molecule has 1 fully saturated rings. The average Bonchev–Trinajstić information content (AvgIpc) is 3.07. The summed E-state index contributed by atoms with van der Waals surface area (Å²) >= 11 is 6.03. The molecule has 1 aliphatic heterocycles. The number of aromatic nitrogens is 4. The van der Waals surface area contributed by atoms with E-state index < -0.39 is 0 Å². The van der Waals surface area contributed by atoms with Crippen LogP contribution >= 0.6 is 11.6 Å². The third-order valence-corrected chi connectivity index (χ3v) is 4.75. The lowest BCUT2D eigenvalue weighted by Crippen LogP contribution is -2.48. The van der Waals surface area contributed by atoms with Crippen LogP contribution in [-0.4, -0.2) is 62.1 Å². The average molecular weight is 373 g/mol. The van der Waals surface area contributed by atoms with Crippen LogP contribution in [0.5, 0.6) is 0 Å². The van der Waals surface area contributed by atoms with Crippen molar-refractivity contribution in [1.29, 1.82) is 0 Å². The standard InChI is InChI=1S/C17H17ClN6O2/c18-12-3-1-2-11(8-12)9-23-4-6-24(7-5-23)17(26)15-13-14(21-22-15)16(25)20-10-19-13/h1-3,8,10H,4-7,9H2,(H,21,22)(H,19,20,25). The molecule has 26 heavy (non-hydrogen) atoms. The van der Waals surface area contributed by atoms with Crippen LogP contribution in [0.2, 0.25) is 5.02 Å². The Kier molecular flexibility index (Phi) is 4.44. The van der Waals surface area contributed by atoms with Gasteiger partial charge in [-0.1, -0.05) is 23.7 Å². The number of nitrogens with one attached hydrogen (secondary N) is 2. The van der Waals surface area contributed by atoms with Crippen molar-refractivity contribution >= 4 is 28.5 Å². The van der Waals surface area contributed by atoms with E-state index in [0.717, 1.165) is 30.2 Å². The molecule has 4 rings (SSSR count). The van der Waals surface area contributed by atoms with E-state index in [9.17, 15) is 9.59 Å². The number of aromatic amines is 2. The van der Waals surface area contributed by atoms with Gasteiger partial charge in [0, 0.05) is 37.7 Å². The zero-order valence-corrected chi connectivity index (χ0v) is 14.7. The minimum atomic E-state index is -0.364. The van der Waals surface area contributed by atoms with Crippen LogP contribution < -0.4 is 5.56 Å². The minimum Gasteiger partial charge on any atom is -0.335 e. The predicted molar refractivity (Wildman–Crippen MR) is 97.1 cm³/mol. The SMILES string of the molecule is O=C(c1[nH]nc2c(=O)[nH]cnc12)N1CCN(Cc2cccc(Cl)c2)CC1. The predicted octanol–water partition coefficient (Wildman–Crippen LogP) is 1.26. The van der Waals surface area contributed by atoms with Crippen molar-refractivity contribution in [2.75, 3.05) is 26.2 Å². The molecule has 3 heterocycles. The van der Waals surface area contributed by atoms with Gasteiger partial charge in [0.2, 0.25) is 0 Å². The first kappa shape index (κ1) is 16.7. The van der Waals surface area contributed by atoms with Crippen molar-refractivity contribution in [3.63, 3.8) is 0 Å². The first-order valence-corrected chi connectivity index (χ1v) is 8.67. The summed E-state index contributed by atoms with van der Waals surface area (Å²) in [6.07, 6.45) is 1.28. The summed E-state index contributed by atoms with van der Waals surface area (Å²) in [6, 6.07) is 7.80. The zero-order valence-electron chi connectivity index (χ0n) is 13.9. The van der Waals surface area contributed by atoms with Gasteiger partial charge in [-0.15, -0.1) is 0 Å². The zero-order chi connectivity index (χ0) is 18.1. The highest BCUT2D eigenvalue weighted by Gasteiger charge is 2.25. The van der Waals surface area contributed by atoms with Gasteiger partial charge in [0.05, 0.1) is 6.33 Å². The third kappa shape index (κ3) is 3.21. The quantitative estimate of drug-likeness (QED) is 0.721. The lowest BCUT2D eigenvalue weighted by atomic mass is 10.2. The van der Waals surface area contributed by atoms with E-state index in [1.54, 1.807) is 4.90 Å². The number of benzene rings is 1. The Morgan fingerprint density at radius 2 is 2.00 bits per heavy atom. The van der Waals surface area contributed by atoms with Crippen molar-refractivity contribution in [1.82, 2.24) is 30.0 Å². The van der Waals surface area contributed by atoms with Gasteiger partial charge in [0.1, 0.15) is 11.2 Å². The molecular weight excluding hydrogens is 356 g/mol. The number of carbonyl (C=O) groups excluding carboxylic acids is 1. The molecule has 3 aromatic rings. The molecule has 0 atom stereocenters. The van der Waals surface area contributed by atoms with E-state index in [4.69, 9.17) is 11.6 Å². The highest BCUT2D eigenvalue weighted by Crippen LogP contribution is 2.16. The van der Waals surface area contributed by atoms with Gasteiger partial charge in [0.15, 0.2) is 5.52 Å². The lowest BCUT2D eigenvalue weighted by Gasteiger charge is -2.34. The fourth-order valence-electron chi connectivity index (χ4n) is 3.15. The molecule has 1 aliphatic rings. The summed E-state index contributed by atoms with van der Waals surface area (Å²) < 4.78 is 0. The normalized spacial score (nSPS) is 15.5. The Morgan fingerprint density at radius 1 is 1.19 bits per heavy atom. The maximum atomic E-state index is 12.8. The molecule has 2 aromatic heterocycles. The van der Waals surface area contributed by atoms with Gasteiger partial charge >= 0.3 is 0 Å². The van der Waals surface area contributed by atoms with Crippen molar-refractivity contribution < 1.29 is 4.79 Å². The molecule has 1 amide bonds. The van der Waals surface area contributed by atoms with E-state index in [-0.39, 0.29) is 22.7 Å². The van der Waals surface area contributed by atoms with E-state index in [1.165, 1.54) is 6.33 Å². The fraction of sp³-hybridized carbons (Fsp3) is 0.294. The Labute approximate surface area is 153 Å². The maximum Gasteiger partial charge on any atom is 0.279 e. The van der Waals surface area contributed by atoms with Crippen LogP contribution in [0.4, 0.5) is 0 Å². The number of hydrogen-bond donors (Lipinski definition) is 2. The second kappa shape index (κ2) is 6.89. The van der Waals surface area contributed by atoms with Gasteiger partial charge < -0.3 is 9.88 Å². The number of piperazine rings is 1. The number of rotatable bonds is 3. The number of nitrogens with zero attached hydrogens (tertiary/aromatic N) is 4. The first-order chi connectivity index (χ1) is 12.6. The van der Waals surface area contributed by atoms with Gasteiger partial charge in [-0.2, -0.15) is 5.10 Å². The number of fused-ring (bicyclic) bond motifs is 1. The van der Waals surface area contributed by atoms with Crippen molar-refractivity contribution in [2.45, 2.75) is 6.54 Å². The summed E-state index contributed by atoms with van der Waals surface area (Å²) in [4.78, 5) is 35.0. The number of carbonyl (C=O) groups is 1. The summed E-state index contributed by atoms with van der Waals surface area (Å²) in [5.74, 6) is -0.187. The molecular formula is C17H17ClN6O2. The summed E-state index contributed by atoms with van der Waals surface area (Å²) in [6.45, 7) is 3.52. The van der Waals surface area contributed by atoms with E-state index in [2.05, 4.69) is 25.1 Å². The van der Waals surface area contributed by atoms with Crippen molar-refractivity contribution in [3.8, 4) is 0 Å². The number of H-pyrrole nitrogens is 2. The molecule has 1 saturated heterocycles. The Hall–Kier alpha value is -2.71. The highest BCUT2D eigenvalue weighted by atomic mass is 35.5.